The molecule has 0 amide bonds. The number of hydrogen-bond acceptors (Lipinski definition) is 32. The fourth-order valence-electron chi connectivity index (χ4n) is 17.4. The highest BCUT2D eigenvalue weighted by atomic mass is 32.2. The topological polar surface area (TPSA) is 506 Å². The molecule has 44 nitrogen and oxygen atoms in total. The highest BCUT2D eigenvalue weighted by molar-refractivity contribution is 7.90. The van der Waals surface area contributed by atoms with E-state index in [9.17, 15) is 52.8 Å². The van der Waals surface area contributed by atoms with Gasteiger partial charge in [-0.25, -0.2) is 71.7 Å². The van der Waals surface area contributed by atoms with Crippen molar-refractivity contribution in [1.29, 1.82) is 0 Å². The van der Waals surface area contributed by atoms with E-state index in [0.717, 1.165) is 58.2 Å². The first-order chi connectivity index (χ1) is 69.0. The summed E-state index contributed by atoms with van der Waals surface area (Å²) in [6.07, 6.45) is 7.78. The van der Waals surface area contributed by atoms with Crippen molar-refractivity contribution in [2.75, 3.05) is 174 Å². The van der Waals surface area contributed by atoms with Gasteiger partial charge in [0.25, 0.3) is 22.2 Å². The van der Waals surface area contributed by atoms with Gasteiger partial charge >= 0.3 is 0 Å². The van der Waals surface area contributed by atoms with Gasteiger partial charge in [0.15, 0.2) is 45.4 Å². The molecule has 4 aliphatic heterocycles. The van der Waals surface area contributed by atoms with Crippen molar-refractivity contribution in [3.8, 4) is 68.5 Å². The van der Waals surface area contributed by atoms with Crippen molar-refractivity contribution in [1.82, 2.24) is 116 Å². The summed E-state index contributed by atoms with van der Waals surface area (Å²) in [6, 6.07) is 19.2. The maximum atomic E-state index is 13.5. The number of sulfonamides is 4. The molecule has 4 saturated heterocycles. The first-order valence-corrected chi connectivity index (χ1v) is 54.6. The van der Waals surface area contributed by atoms with Crippen molar-refractivity contribution in [3.63, 3.8) is 0 Å². The monoisotopic (exact) mass is 2090 g/mol. The highest BCUT2D eigenvalue weighted by Gasteiger charge is 2.43. The maximum Gasteiger partial charge on any atom is 0.277 e. The van der Waals surface area contributed by atoms with Gasteiger partial charge in [0.05, 0.1) is 104 Å². The Labute approximate surface area is 845 Å². The zero-order valence-corrected chi connectivity index (χ0v) is 88.6. The van der Waals surface area contributed by atoms with Crippen molar-refractivity contribution in [2.24, 2.45) is 0 Å². The predicted molar refractivity (Wildman–Crippen MR) is 551 cm³/mol. The molecule has 0 radical (unpaired) electrons. The molecule has 8 aromatic heterocycles. The molecule has 4 aliphatic rings. The van der Waals surface area contributed by atoms with Gasteiger partial charge in [-0.05, 0) is 187 Å². The van der Waals surface area contributed by atoms with E-state index in [-0.39, 0.29) is 96.7 Å². The molecular formula is C97H140N24O20S4. The van der Waals surface area contributed by atoms with Gasteiger partial charge in [0.1, 0.15) is 46.3 Å². The minimum absolute atomic E-state index is 0. The van der Waals surface area contributed by atoms with E-state index >= 15 is 0 Å². The van der Waals surface area contributed by atoms with Gasteiger partial charge in [-0.1, -0.05) is 35.1 Å². The number of H-pyrrole nitrogens is 4. The minimum atomic E-state index is -3.74. The van der Waals surface area contributed by atoms with Crippen LogP contribution in [0.4, 0.5) is 0 Å². The number of likely N-dealkylation sites (N-methyl/N-ethyl adjacent to an activating group) is 2. The normalized spacial score (nSPS) is 14.9. The molecule has 0 spiro atoms. The van der Waals surface area contributed by atoms with Crippen LogP contribution in [0.25, 0.3) is 67.6 Å². The van der Waals surface area contributed by atoms with Gasteiger partial charge in [0.2, 0.25) is 40.1 Å². The van der Waals surface area contributed by atoms with Crippen LogP contribution in [0.15, 0.2) is 112 Å². The number of aromatic nitrogens is 16. The van der Waals surface area contributed by atoms with Crippen LogP contribution in [0.3, 0.4) is 0 Å². The lowest BCUT2D eigenvalue weighted by molar-refractivity contribution is 0.0807. The SMILES string of the molecule is C.CCCc1nc(C)c2c(=O)[nH]c(-c3cc(S(=O)(=O)N4CC(N(C)CCCOC)C4)ccc3OCC)nn12.CCCc1nc(C)c2c(=O)[nH]c(-c3cc(S(=O)(=O)N4CC(N(C)CCOC)C4)ccc3OCC)nn12.CCCc1nc(C)c2c(=O)[nH]c(-c3cc(S(=O)(=O)N4CC(NCCCOC)C4)ccc3OCC)nn12.CCCc1nc(C)c2c(=O)[nH]c(-c3cc(S(=O)(=O)N4CC(NCCOC)C4)ccc3OCC)nn12. The van der Waals surface area contributed by atoms with Crippen LogP contribution < -0.4 is 51.8 Å². The zero-order valence-electron chi connectivity index (χ0n) is 85.3. The number of rotatable bonds is 46. The fourth-order valence-corrected chi connectivity index (χ4v) is 23.6. The lowest BCUT2D eigenvalue weighted by atomic mass is 10.1. The van der Waals surface area contributed by atoms with Crippen LogP contribution in [-0.2, 0) is 84.7 Å². The summed E-state index contributed by atoms with van der Waals surface area (Å²) in [5.41, 5.74) is 4.18. The van der Waals surface area contributed by atoms with E-state index in [4.69, 9.17) is 37.9 Å². The maximum absolute atomic E-state index is 13.5. The Morgan fingerprint density at radius 1 is 0.352 bits per heavy atom. The first kappa shape index (κ1) is 113. The number of nitrogens with zero attached hydrogens (tertiary/aromatic N) is 18. The van der Waals surface area contributed by atoms with Crippen molar-refractivity contribution in [3.05, 3.63) is 160 Å². The fraction of sp³-hybridized carbons (Fsp3) is 0.546. The second kappa shape index (κ2) is 50.0. The smallest absolute Gasteiger partial charge is 0.277 e. The average Bonchev–Trinajstić information content (AvgIpc) is 1.47. The summed E-state index contributed by atoms with van der Waals surface area (Å²) in [5, 5.41) is 25.2. The van der Waals surface area contributed by atoms with Gasteiger partial charge in [-0.2, -0.15) is 17.2 Å². The minimum Gasteiger partial charge on any atom is -0.493 e. The third kappa shape index (κ3) is 25.1. The number of imidazole rings is 4. The largest absolute Gasteiger partial charge is 0.493 e. The van der Waals surface area contributed by atoms with E-state index < -0.39 is 40.1 Å². The summed E-state index contributed by atoms with van der Waals surface area (Å²) in [5.74, 6) is 5.39. The Morgan fingerprint density at radius 3 is 0.869 bits per heavy atom. The van der Waals surface area contributed by atoms with Gasteiger partial charge in [-0.15, -0.1) is 20.4 Å². The molecule has 4 aromatic carbocycles. The molecule has 792 valence electrons. The molecule has 12 aromatic rings. The molecule has 0 unspecified atom stereocenters. The Hall–Kier alpha value is -11.2. The summed E-state index contributed by atoms with van der Waals surface area (Å²) in [4.78, 5) is 85.8. The van der Waals surface area contributed by atoms with Crippen LogP contribution in [0.2, 0.25) is 0 Å². The number of ether oxygens (including phenoxy) is 8. The van der Waals surface area contributed by atoms with Crippen LogP contribution in [0, 0.1) is 27.7 Å². The summed E-state index contributed by atoms with van der Waals surface area (Å²) in [7, 11) is -4.35. The summed E-state index contributed by atoms with van der Waals surface area (Å²) < 4.78 is 162. The molecule has 16 rings (SSSR count). The Bertz CT molecular complexity index is 7240. The number of aryl methyl sites for hydroxylation is 8. The molecule has 12 heterocycles. The average molecular weight is 2090 g/mol. The number of aromatic amines is 4. The number of methoxy groups -OCH3 is 4. The number of fused-ring (bicyclic) bond motifs is 4. The van der Waals surface area contributed by atoms with Crippen molar-refractivity contribution >= 4 is 62.2 Å². The van der Waals surface area contributed by atoms with Gasteiger partial charge < -0.3 is 73.4 Å². The van der Waals surface area contributed by atoms with Crippen LogP contribution >= 0.6 is 0 Å². The summed E-state index contributed by atoms with van der Waals surface area (Å²) >= 11 is 0. The third-order valence-corrected chi connectivity index (χ3v) is 32.6. The highest BCUT2D eigenvalue weighted by Crippen LogP contribution is 2.39. The number of benzene rings is 4. The van der Waals surface area contributed by atoms with Crippen LogP contribution in [0.5, 0.6) is 23.0 Å². The third-order valence-electron chi connectivity index (χ3n) is 25.2. The van der Waals surface area contributed by atoms with Crippen LogP contribution in [-0.4, -0.2) is 337 Å². The molecule has 6 N–H and O–H groups in total. The number of nitrogens with one attached hydrogen (secondary N) is 6. The standard InChI is InChI=1S/C25H36N6O5S.2C24H34N6O5S.C23H32N6O5S.CH4/c1-6-9-22-26-17(3)23-25(32)27-24(28-31(22)23)20-14-19(10-11-21(20)36-7-2)37(33,34)30-15-18(16-30)29(4)12-8-13-35-5;1-6-8-21-25-16(3)22-24(31)26-23(27-30(21)22)19-13-18(9-10-20(19)35-7-2)36(32,33)29-14-17(15-29)28(4)11-12-34-5;1-5-8-21-26-16(3)22-24(31)27-23(28-30(21)22)19-13-18(9-10-20(19)35-6-2)36(32,33)29-14-17(15-29)25-11-7-12-34-4;1-5-7-20-25-15(3)21-23(30)26-22(27-29(20)21)18-12-17(8-9-19(18)34-6-2)35(31,32)28-13-16(14-28)24-10-11-33-4;/h10-11,14,18H,6-9,12-13,15-16H2,1-5H3,(H,27,28,32);9-10,13,17H,6-8,11-12,14-15H2,1-5H3,(H,26,27,31);9-10,13,17,25H,5-8,11-12,14-15H2,1-4H3,(H,27,28,31);8-9,12,16,24H,5-7,10-11,13-14H2,1-4H3,(H,26,27,30);1H4. The van der Waals surface area contributed by atoms with Crippen molar-refractivity contribution < 1.29 is 71.6 Å². The predicted octanol–water partition coefficient (Wildman–Crippen LogP) is 7.51. The lowest BCUT2D eigenvalue weighted by Crippen LogP contribution is -2.60. The molecule has 0 aliphatic carbocycles. The second-order valence-electron chi connectivity index (χ2n) is 35.6. The first-order valence-electron chi connectivity index (χ1n) is 48.9. The Kier molecular flexibility index (Phi) is 38.8. The Morgan fingerprint density at radius 2 is 0.607 bits per heavy atom. The second-order valence-corrected chi connectivity index (χ2v) is 43.4. The van der Waals surface area contributed by atoms with E-state index in [1.807, 2.05) is 69.5 Å². The quantitative estimate of drug-likeness (QED) is 0.0201. The molecular weight excluding hydrogens is 1950 g/mol. The van der Waals surface area contributed by atoms with E-state index in [1.165, 1.54) is 59.7 Å². The molecule has 0 atom stereocenters. The molecule has 145 heavy (non-hydrogen) atoms. The molecule has 4 fully saturated rings. The van der Waals surface area contributed by atoms with Crippen LogP contribution in [0.1, 0.15) is 147 Å². The molecule has 0 saturated carbocycles. The zero-order chi connectivity index (χ0) is 104. The van der Waals surface area contributed by atoms with E-state index in [1.54, 1.807) is 105 Å². The summed E-state index contributed by atoms with van der Waals surface area (Å²) in [6.45, 7) is 32.8. The molecule has 0 bridgehead atoms. The van der Waals surface area contributed by atoms with Gasteiger partial charge in [0, 0.05) is 163 Å². The Balaban J connectivity index is 0.000000172. The number of hydrogen-bond donors (Lipinski definition) is 6. The van der Waals surface area contributed by atoms with E-state index in [2.05, 4.69) is 80.7 Å². The molecule has 48 heteroatoms. The van der Waals surface area contributed by atoms with Gasteiger partial charge in [-0.3, -0.25) is 24.1 Å². The van der Waals surface area contributed by atoms with E-state index in [0.29, 0.717) is 251 Å². The van der Waals surface area contributed by atoms with Crippen molar-refractivity contribution in [2.45, 2.75) is 198 Å². The lowest BCUT2D eigenvalue weighted by Gasteiger charge is -2.43.